The van der Waals surface area contributed by atoms with Gasteiger partial charge in [-0.15, -0.1) is 0 Å². The van der Waals surface area contributed by atoms with Gasteiger partial charge >= 0.3 is 0 Å². The molecule has 1 aromatic carbocycles. The van der Waals surface area contributed by atoms with Gasteiger partial charge in [0, 0.05) is 22.7 Å². The quantitative estimate of drug-likeness (QED) is 0.396. The van der Waals surface area contributed by atoms with E-state index in [9.17, 15) is 14.7 Å². The Balaban J connectivity index is 1.13. The molecule has 1 saturated heterocycles. The Kier molecular flexibility index (Phi) is 6.98. The number of para-hydroxylation sites is 2. The molecule has 0 amide bonds. The zero-order valence-electron chi connectivity index (χ0n) is 25.6. The highest BCUT2D eigenvalue weighted by molar-refractivity contribution is 7.99. The van der Waals surface area contributed by atoms with Crippen LogP contribution in [0.3, 0.4) is 0 Å². The summed E-state index contributed by atoms with van der Waals surface area (Å²) in [7, 11) is 0. The minimum absolute atomic E-state index is 0.00714. The van der Waals surface area contributed by atoms with Crippen LogP contribution in [0, 0.1) is 34.5 Å². The maximum absolute atomic E-state index is 14.8. The van der Waals surface area contributed by atoms with Crippen molar-refractivity contribution in [1.82, 2.24) is 9.97 Å². The molecular formula is C36H42N2O5S. The van der Waals surface area contributed by atoms with Gasteiger partial charge in [0.2, 0.25) is 0 Å². The van der Waals surface area contributed by atoms with Crippen molar-refractivity contribution in [2.24, 2.45) is 34.5 Å². The fourth-order valence-corrected chi connectivity index (χ4v) is 11.3. The number of ether oxygens (including phenoxy) is 2. The van der Waals surface area contributed by atoms with Crippen LogP contribution in [0.5, 0.6) is 0 Å². The van der Waals surface area contributed by atoms with Gasteiger partial charge in [0.1, 0.15) is 5.03 Å². The number of aliphatic hydroxyl groups excluding tert-OH is 1. The molecule has 0 radical (unpaired) electrons. The average Bonchev–Trinajstić information content (AvgIpc) is 3.53. The Morgan fingerprint density at radius 2 is 1.91 bits per heavy atom. The second kappa shape index (κ2) is 10.6. The van der Waals surface area contributed by atoms with Crippen molar-refractivity contribution in [1.29, 1.82) is 0 Å². The summed E-state index contributed by atoms with van der Waals surface area (Å²) >= 11 is 1.42. The summed E-state index contributed by atoms with van der Waals surface area (Å²) < 4.78 is 13.9. The van der Waals surface area contributed by atoms with E-state index in [0.29, 0.717) is 17.4 Å². The lowest BCUT2D eigenvalue weighted by Crippen LogP contribution is -2.63. The number of carbonyl (C=O) groups excluding carboxylic acids is 2. The summed E-state index contributed by atoms with van der Waals surface area (Å²) in [6.45, 7) is 4.39. The Morgan fingerprint density at radius 1 is 1.11 bits per heavy atom. The monoisotopic (exact) mass is 614 g/mol. The number of carbonyl (C=O) groups is 2. The molecule has 5 aliphatic carbocycles. The van der Waals surface area contributed by atoms with E-state index < -0.39 is 17.1 Å². The minimum atomic E-state index is -1.11. The number of hydrogen-bond acceptors (Lipinski definition) is 8. The van der Waals surface area contributed by atoms with Crippen LogP contribution in [0.15, 0.2) is 59.3 Å². The van der Waals surface area contributed by atoms with Crippen LogP contribution in [0.25, 0.3) is 11.0 Å². The van der Waals surface area contributed by atoms with Crippen LogP contribution < -0.4 is 0 Å². The van der Waals surface area contributed by atoms with Crippen molar-refractivity contribution in [2.75, 3.05) is 5.75 Å². The summed E-state index contributed by atoms with van der Waals surface area (Å²) in [5, 5.41) is 12.8. The minimum Gasteiger partial charge on any atom is -0.393 e. The molecule has 7 nitrogen and oxygen atoms in total. The first-order chi connectivity index (χ1) is 21.2. The molecule has 1 aromatic heterocycles. The number of fused-ring (bicyclic) bond motifs is 8. The molecule has 1 aliphatic heterocycles. The number of rotatable bonds is 5. The summed E-state index contributed by atoms with van der Waals surface area (Å²) in [6, 6.07) is 7.77. The Morgan fingerprint density at radius 3 is 2.73 bits per heavy atom. The summed E-state index contributed by atoms with van der Waals surface area (Å²) in [5.74, 6) is 0.967. The van der Waals surface area contributed by atoms with Crippen LogP contribution in [0.1, 0.15) is 71.6 Å². The Bertz CT molecular complexity index is 1570. The van der Waals surface area contributed by atoms with Crippen molar-refractivity contribution in [3.63, 3.8) is 0 Å². The highest BCUT2D eigenvalue weighted by atomic mass is 32.2. The number of thioether (sulfide) groups is 1. The lowest BCUT2D eigenvalue weighted by molar-refractivity contribution is -0.207. The predicted molar refractivity (Wildman–Crippen MR) is 168 cm³/mol. The lowest BCUT2D eigenvalue weighted by atomic mass is 9.46. The van der Waals surface area contributed by atoms with Crippen molar-refractivity contribution in [3.05, 3.63) is 54.3 Å². The van der Waals surface area contributed by atoms with Gasteiger partial charge in [0.05, 0.1) is 35.2 Å². The number of allylic oxidation sites excluding steroid dienone is 4. The molecule has 44 heavy (non-hydrogen) atoms. The van der Waals surface area contributed by atoms with Gasteiger partial charge < -0.3 is 14.6 Å². The Labute approximate surface area is 263 Å². The number of nitrogens with zero attached hydrogens (tertiary/aromatic N) is 2. The molecular weight excluding hydrogens is 572 g/mol. The van der Waals surface area contributed by atoms with E-state index in [0.717, 1.165) is 48.7 Å². The van der Waals surface area contributed by atoms with Crippen LogP contribution in [0.2, 0.25) is 0 Å². The second-order valence-electron chi connectivity index (χ2n) is 14.6. The molecule has 4 saturated carbocycles. The molecule has 8 rings (SSSR count). The summed E-state index contributed by atoms with van der Waals surface area (Å²) in [4.78, 5) is 36.3. The SMILES string of the molecule is CC12C=CC(=O)C=C1CCC1C2C(O)CC2(C)C1C[C@H]1O[C@@H](C3CCCCC3)O[C@]12C(=O)CSc1cnc2ccccc2n1. The first kappa shape index (κ1) is 29.0. The van der Waals surface area contributed by atoms with Crippen LogP contribution >= 0.6 is 11.8 Å². The fraction of sp³-hybridized carbons (Fsp3) is 0.611. The first-order valence-corrected chi connectivity index (χ1v) is 17.5. The third kappa shape index (κ3) is 4.20. The van der Waals surface area contributed by atoms with Crippen LogP contribution in [0.4, 0.5) is 0 Å². The zero-order chi connectivity index (χ0) is 30.3. The number of benzene rings is 1. The lowest BCUT2D eigenvalue weighted by Gasteiger charge is -2.59. The van der Waals surface area contributed by atoms with E-state index in [1.807, 2.05) is 30.3 Å². The van der Waals surface area contributed by atoms with E-state index in [1.54, 1.807) is 18.3 Å². The second-order valence-corrected chi connectivity index (χ2v) is 15.6. The molecule has 0 spiro atoms. The van der Waals surface area contributed by atoms with Gasteiger partial charge in [-0.3, -0.25) is 14.6 Å². The van der Waals surface area contributed by atoms with Crippen LogP contribution in [-0.2, 0) is 19.1 Å². The molecule has 2 aromatic rings. The molecule has 2 heterocycles. The molecule has 6 aliphatic rings. The standard InChI is InChI=1S/C36H42N2O5S/c1-34-15-14-23(39)16-22(34)12-13-24-25-17-30-36(35(25,2)18-28(40)32(24)34,43-33(42-30)21-8-4-3-5-9-21)29(41)20-44-31-19-37-26-10-6-7-11-27(26)38-31/h6-7,10-11,14-16,19,21,24-25,28,30,32-33,40H,3-5,8-9,12-13,17-18,20H2,1-2H3/t24?,25?,28?,30-,32?,33-,34?,35?,36-/m1/s1. The third-order valence-corrected chi connectivity index (χ3v) is 13.4. The molecule has 9 atom stereocenters. The van der Waals surface area contributed by atoms with Gasteiger partial charge in [-0.05, 0) is 74.6 Å². The van der Waals surface area contributed by atoms with E-state index >= 15 is 0 Å². The van der Waals surface area contributed by atoms with Gasteiger partial charge in [0.25, 0.3) is 0 Å². The van der Waals surface area contributed by atoms with Gasteiger partial charge in [-0.25, -0.2) is 4.98 Å². The zero-order valence-corrected chi connectivity index (χ0v) is 26.4. The van der Waals surface area contributed by atoms with E-state index in [2.05, 4.69) is 18.8 Å². The first-order valence-electron chi connectivity index (χ1n) is 16.6. The molecule has 8 heteroatoms. The van der Waals surface area contributed by atoms with Gasteiger partial charge in [-0.1, -0.05) is 68.7 Å². The normalized spacial score (nSPS) is 41.5. The smallest absolute Gasteiger partial charge is 0.178 e. The largest absolute Gasteiger partial charge is 0.393 e. The highest BCUT2D eigenvalue weighted by Gasteiger charge is 2.76. The van der Waals surface area contributed by atoms with E-state index in [-0.39, 0.29) is 52.9 Å². The fourth-order valence-electron chi connectivity index (χ4n) is 10.5. The third-order valence-electron chi connectivity index (χ3n) is 12.5. The van der Waals surface area contributed by atoms with Crippen molar-refractivity contribution in [2.45, 2.75) is 101 Å². The number of aromatic nitrogens is 2. The molecule has 5 fully saturated rings. The molecule has 6 unspecified atom stereocenters. The van der Waals surface area contributed by atoms with E-state index in [4.69, 9.17) is 14.5 Å². The number of aliphatic hydroxyl groups is 1. The summed E-state index contributed by atoms with van der Waals surface area (Å²) in [5.41, 5.74) is 0.737. The maximum Gasteiger partial charge on any atom is 0.178 e. The maximum atomic E-state index is 14.8. The number of Topliss-reactive ketones (excluding diaryl/α,β-unsaturated/α-hetero) is 1. The molecule has 0 bridgehead atoms. The van der Waals surface area contributed by atoms with Crippen molar-refractivity contribution in [3.8, 4) is 0 Å². The predicted octanol–water partition coefficient (Wildman–Crippen LogP) is 6.24. The van der Waals surface area contributed by atoms with Gasteiger partial charge in [0.15, 0.2) is 23.5 Å². The molecule has 1 N–H and O–H groups in total. The van der Waals surface area contributed by atoms with Gasteiger partial charge in [-0.2, -0.15) is 0 Å². The topological polar surface area (TPSA) is 98.6 Å². The van der Waals surface area contributed by atoms with Crippen LogP contribution in [-0.4, -0.2) is 56.5 Å². The Hall–Kier alpha value is -2.39. The summed E-state index contributed by atoms with van der Waals surface area (Å²) in [6.07, 6.45) is 14.6. The number of hydrogen-bond donors (Lipinski definition) is 1. The van der Waals surface area contributed by atoms with Crippen molar-refractivity contribution < 1.29 is 24.2 Å². The average molecular weight is 615 g/mol. The van der Waals surface area contributed by atoms with Crippen molar-refractivity contribution >= 4 is 34.4 Å². The highest BCUT2D eigenvalue weighted by Crippen LogP contribution is 2.70. The van der Waals surface area contributed by atoms with E-state index in [1.165, 1.54) is 31.0 Å². The molecule has 232 valence electrons. The number of ketones is 2.